The first-order valence-electron chi connectivity index (χ1n) is 13.5. The smallest absolute Gasteiger partial charge is 0.197 e. The number of rotatable bonds is 5. The average Bonchev–Trinajstić information content (AvgIpc) is 3.49. The molecule has 3 aromatic carbocycles. The van der Waals surface area contributed by atoms with Crippen LogP contribution in [0.2, 0.25) is 0 Å². The molecule has 1 atom stereocenters. The van der Waals surface area contributed by atoms with Crippen molar-refractivity contribution in [2.75, 3.05) is 20.3 Å². The van der Waals surface area contributed by atoms with E-state index < -0.39 is 0 Å². The van der Waals surface area contributed by atoms with E-state index in [1.807, 2.05) is 12.3 Å². The van der Waals surface area contributed by atoms with Gasteiger partial charge in [-0.05, 0) is 85.2 Å². The van der Waals surface area contributed by atoms with Crippen LogP contribution in [0.4, 0.5) is 0 Å². The van der Waals surface area contributed by atoms with Gasteiger partial charge in [0.25, 0.3) is 0 Å². The normalized spacial score (nSPS) is 17.4. The molecule has 1 fully saturated rings. The predicted molar refractivity (Wildman–Crippen MR) is 149 cm³/mol. The zero-order valence-electron chi connectivity index (χ0n) is 21.2. The SMILES string of the molecule is COc1ccc2c(c1)CCc1c-2c2c(O)[nH]cc2c2c3cc(C4CCCCN4)ccc3n(CCCO)c12. The van der Waals surface area contributed by atoms with Gasteiger partial charge in [-0.2, -0.15) is 0 Å². The number of aromatic hydroxyl groups is 1. The Bertz CT molecular complexity index is 1660. The summed E-state index contributed by atoms with van der Waals surface area (Å²) in [6.45, 7) is 1.97. The number of benzene rings is 3. The third-order valence-corrected chi connectivity index (χ3v) is 8.53. The van der Waals surface area contributed by atoms with Crippen LogP contribution in [-0.4, -0.2) is 40.0 Å². The van der Waals surface area contributed by atoms with Crippen LogP contribution < -0.4 is 10.1 Å². The van der Waals surface area contributed by atoms with E-state index in [9.17, 15) is 10.2 Å². The summed E-state index contributed by atoms with van der Waals surface area (Å²) < 4.78 is 7.92. The number of hydrogen-bond donors (Lipinski definition) is 4. The number of aromatic amines is 1. The second kappa shape index (κ2) is 8.82. The summed E-state index contributed by atoms with van der Waals surface area (Å²) in [5, 5.41) is 28.9. The van der Waals surface area contributed by atoms with Crippen molar-refractivity contribution in [2.24, 2.45) is 0 Å². The molecule has 7 rings (SSSR count). The van der Waals surface area contributed by atoms with Gasteiger partial charge in [-0.15, -0.1) is 0 Å². The van der Waals surface area contributed by atoms with E-state index in [4.69, 9.17) is 4.74 Å². The quantitative estimate of drug-likeness (QED) is 0.243. The summed E-state index contributed by atoms with van der Waals surface area (Å²) in [7, 11) is 1.70. The maximum Gasteiger partial charge on any atom is 0.197 e. The lowest BCUT2D eigenvalue weighted by atomic mass is 9.81. The Morgan fingerprint density at radius 1 is 1.05 bits per heavy atom. The van der Waals surface area contributed by atoms with Gasteiger partial charge in [-0.1, -0.05) is 18.6 Å². The van der Waals surface area contributed by atoms with Crippen molar-refractivity contribution >= 4 is 32.6 Å². The van der Waals surface area contributed by atoms with Crippen LogP contribution in [0.15, 0.2) is 42.6 Å². The number of piperidine rings is 1. The minimum Gasteiger partial charge on any atom is -0.497 e. The fourth-order valence-corrected chi connectivity index (χ4v) is 6.85. The number of aliphatic hydroxyl groups is 1. The summed E-state index contributed by atoms with van der Waals surface area (Å²) >= 11 is 0. The van der Waals surface area contributed by atoms with E-state index in [1.165, 1.54) is 51.3 Å². The van der Waals surface area contributed by atoms with E-state index in [1.54, 1.807) is 7.11 Å². The van der Waals surface area contributed by atoms with Gasteiger partial charge in [-0.3, -0.25) is 0 Å². The third kappa shape index (κ3) is 3.39. The maximum atomic E-state index is 11.1. The van der Waals surface area contributed by atoms with Crippen molar-refractivity contribution < 1.29 is 14.9 Å². The van der Waals surface area contributed by atoms with E-state index in [0.717, 1.165) is 60.0 Å². The topological polar surface area (TPSA) is 82.4 Å². The maximum absolute atomic E-state index is 11.1. The lowest BCUT2D eigenvalue weighted by Gasteiger charge is -2.24. The zero-order chi connectivity index (χ0) is 25.1. The Balaban J connectivity index is 1.58. The molecule has 0 amide bonds. The summed E-state index contributed by atoms with van der Waals surface area (Å²) in [6.07, 6.45) is 8.12. The van der Waals surface area contributed by atoms with Crippen molar-refractivity contribution in [1.82, 2.24) is 14.9 Å². The van der Waals surface area contributed by atoms with Gasteiger partial charge in [0.15, 0.2) is 5.88 Å². The highest BCUT2D eigenvalue weighted by molar-refractivity contribution is 6.26. The lowest BCUT2D eigenvalue weighted by molar-refractivity contribution is 0.281. The number of H-pyrrole nitrogens is 1. The van der Waals surface area contributed by atoms with Crippen LogP contribution in [0.3, 0.4) is 0 Å². The summed E-state index contributed by atoms with van der Waals surface area (Å²) in [5.74, 6) is 1.08. The molecule has 1 aliphatic carbocycles. The first kappa shape index (κ1) is 22.7. The summed E-state index contributed by atoms with van der Waals surface area (Å²) in [4.78, 5) is 3.14. The molecule has 3 heterocycles. The third-order valence-electron chi connectivity index (χ3n) is 8.53. The molecular weight excluding hydrogens is 462 g/mol. The number of hydrogen-bond acceptors (Lipinski definition) is 4. The van der Waals surface area contributed by atoms with Crippen LogP contribution in [0.1, 0.15) is 48.4 Å². The highest BCUT2D eigenvalue weighted by atomic mass is 16.5. The fourth-order valence-electron chi connectivity index (χ4n) is 6.85. The van der Waals surface area contributed by atoms with Gasteiger partial charge in [0.05, 0.1) is 18.0 Å². The molecule has 0 spiro atoms. The monoisotopic (exact) mass is 495 g/mol. The molecule has 0 saturated carbocycles. The number of methoxy groups -OCH3 is 1. The molecular formula is C31H33N3O3. The first-order valence-corrected chi connectivity index (χ1v) is 13.5. The van der Waals surface area contributed by atoms with Crippen molar-refractivity contribution in [2.45, 2.75) is 51.1 Å². The Morgan fingerprint density at radius 3 is 2.78 bits per heavy atom. The van der Waals surface area contributed by atoms with Gasteiger partial charge in [0.1, 0.15) is 5.75 Å². The largest absolute Gasteiger partial charge is 0.497 e. The van der Waals surface area contributed by atoms with Gasteiger partial charge in [0, 0.05) is 52.6 Å². The molecule has 5 aromatic rings. The zero-order valence-corrected chi connectivity index (χ0v) is 21.2. The number of aliphatic hydroxyl groups excluding tert-OH is 1. The molecule has 190 valence electrons. The second-order valence-electron chi connectivity index (χ2n) is 10.5. The minimum atomic E-state index is 0.156. The van der Waals surface area contributed by atoms with Crippen LogP contribution in [0.5, 0.6) is 11.6 Å². The van der Waals surface area contributed by atoms with E-state index in [0.29, 0.717) is 12.5 Å². The molecule has 2 aromatic heterocycles. The highest BCUT2D eigenvalue weighted by Crippen LogP contribution is 2.49. The van der Waals surface area contributed by atoms with Crippen LogP contribution >= 0.6 is 0 Å². The lowest BCUT2D eigenvalue weighted by Crippen LogP contribution is -2.26. The summed E-state index contributed by atoms with van der Waals surface area (Å²) in [5.41, 5.74) is 8.57. The Labute approximate surface area is 215 Å². The van der Waals surface area contributed by atoms with Crippen molar-refractivity contribution in [1.29, 1.82) is 0 Å². The number of nitrogens with zero attached hydrogens (tertiary/aromatic N) is 1. The van der Waals surface area contributed by atoms with Crippen LogP contribution in [0, 0.1) is 0 Å². The molecule has 2 aliphatic rings. The standard InChI is InChI=1S/C31H33N3O3/c1-37-20-8-10-21-18(15-20)6-9-22-27(21)29-24(17-33-31(29)36)28-23-16-19(25-5-2-3-12-32-25)7-11-26(23)34(30(22)28)13-4-14-35/h7-8,10-11,15-17,25,32-33,35-36H,2-6,9,12-14H2,1H3. The van der Waals surface area contributed by atoms with Crippen LogP contribution in [-0.2, 0) is 19.4 Å². The Kier molecular flexibility index (Phi) is 5.41. The molecule has 1 unspecified atom stereocenters. The molecule has 4 N–H and O–H groups in total. The van der Waals surface area contributed by atoms with Gasteiger partial charge < -0.3 is 29.8 Å². The minimum absolute atomic E-state index is 0.156. The fraction of sp³-hybridized carbons (Fsp3) is 0.355. The Hall–Kier alpha value is -3.48. The van der Waals surface area contributed by atoms with Gasteiger partial charge in [-0.25, -0.2) is 0 Å². The number of nitrogens with one attached hydrogen (secondary N) is 2. The van der Waals surface area contributed by atoms with E-state index in [-0.39, 0.29) is 12.5 Å². The first-order chi connectivity index (χ1) is 18.2. The van der Waals surface area contributed by atoms with Crippen LogP contribution in [0.25, 0.3) is 43.7 Å². The molecule has 0 bridgehead atoms. The van der Waals surface area contributed by atoms with Crippen molar-refractivity contribution in [3.8, 4) is 22.8 Å². The molecule has 1 aliphatic heterocycles. The number of aromatic nitrogens is 2. The van der Waals surface area contributed by atoms with Crippen molar-refractivity contribution in [3.63, 3.8) is 0 Å². The van der Waals surface area contributed by atoms with E-state index >= 15 is 0 Å². The number of aryl methyl sites for hydroxylation is 3. The van der Waals surface area contributed by atoms with Gasteiger partial charge in [0.2, 0.25) is 0 Å². The predicted octanol–water partition coefficient (Wildman–Crippen LogP) is 5.95. The molecule has 1 saturated heterocycles. The number of ether oxygens (including phenoxy) is 1. The highest BCUT2D eigenvalue weighted by Gasteiger charge is 2.29. The number of fused-ring (bicyclic) bond motifs is 10. The average molecular weight is 496 g/mol. The Morgan fingerprint density at radius 2 is 1.97 bits per heavy atom. The van der Waals surface area contributed by atoms with Crippen molar-refractivity contribution in [3.05, 3.63) is 59.3 Å². The second-order valence-corrected chi connectivity index (χ2v) is 10.5. The summed E-state index contributed by atoms with van der Waals surface area (Å²) in [6, 6.07) is 13.6. The van der Waals surface area contributed by atoms with Gasteiger partial charge >= 0.3 is 0 Å². The molecule has 6 heteroatoms. The molecule has 37 heavy (non-hydrogen) atoms. The molecule has 6 nitrogen and oxygen atoms in total. The molecule has 0 radical (unpaired) electrons. The van der Waals surface area contributed by atoms with E-state index in [2.05, 4.69) is 45.2 Å².